The van der Waals surface area contributed by atoms with Gasteiger partial charge in [-0.25, -0.2) is 0 Å². The van der Waals surface area contributed by atoms with Gasteiger partial charge in [0.05, 0.1) is 6.61 Å². The Morgan fingerprint density at radius 2 is 2.00 bits per heavy atom. The highest BCUT2D eigenvalue weighted by molar-refractivity contribution is 5.44. The lowest BCUT2D eigenvalue weighted by molar-refractivity contribution is 0.171. The van der Waals surface area contributed by atoms with Gasteiger partial charge in [-0.05, 0) is 31.0 Å². The summed E-state index contributed by atoms with van der Waals surface area (Å²) in [6, 6.07) is 6.93. The van der Waals surface area contributed by atoms with E-state index in [0.29, 0.717) is 25.3 Å². The molecule has 1 aromatic carbocycles. The third kappa shape index (κ3) is 2.44. The molecule has 1 fully saturated rings. The third-order valence-corrected chi connectivity index (χ3v) is 3.48. The monoisotopic (exact) mass is 249 g/mol. The van der Waals surface area contributed by atoms with Crippen LogP contribution >= 0.6 is 0 Å². The molecule has 1 N–H and O–H groups in total. The first kappa shape index (κ1) is 11.8. The Morgan fingerprint density at radius 3 is 2.78 bits per heavy atom. The first-order chi connectivity index (χ1) is 8.83. The molecule has 1 saturated heterocycles. The van der Waals surface area contributed by atoms with Crippen LogP contribution in [-0.2, 0) is 4.74 Å². The summed E-state index contributed by atoms with van der Waals surface area (Å²) in [4.78, 5) is 0. The average Bonchev–Trinajstić information content (AvgIpc) is 2.91. The summed E-state index contributed by atoms with van der Waals surface area (Å²) in [6.07, 6.45) is 1.09. The average molecular weight is 249 g/mol. The zero-order valence-electron chi connectivity index (χ0n) is 10.6. The minimum Gasteiger partial charge on any atom is -0.486 e. The van der Waals surface area contributed by atoms with E-state index in [-0.39, 0.29) is 0 Å². The Bertz CT molecular complexity index is 416. The van der Waals surface area contributed by atoms with Crippen molar-refractivity contribution in [2.24, 2.45) is 0 Å². The summed E-state index contributed by atoms with van der Waals surface area (Å²) >= 11 is 0. The Balaban J connectivity index is 1.70. The SMILES string of the molecule is CC(NC1CCOC1)c1ccc2c(c1)OCCO2. The van der Waals surface area contributed by atoms with E-state index in [1.165, 1.54) is 5.56 Å². The largest absolute Gasteiger partial charge is 0.486 e. The highest BCUT2D eigenvalue weighted by Gasteiger charge is 2.19. The van der Waals surface area contributed by atoms with Gasteiger partial charge in [0.2, 0.25) is 0 Å². The minimum absolute atomic E-state index is 0.299. The molecule has 4 heteroatoms. The van der Waals surface area contributed by atoms with Gasteiger partial charge in [-0.1, -0.05) is 6.07 Å². The van der Waals surface area contributed by atoms with Gasteiger partial charge in [0.15, 0.2) is 11.5 Å². The van der Waals surface area contributed by atoms with Crippen LogP contribution in [0.15, 0.2) is 18.2 Å². The van der Waals surface area contributed by atoms with E-state index in [1.807, 2.05) is 6.07 Å². The molecule has 0 aromatic heterocycles. The summed E-state index contributed by atoms with van der Waals surface area (Å²) in [7, 11) is 0. The maximum atomic E-state index is 5.61. The maximum absolute atomic E-state index is 5.61. The summed E-state index contributed by atoms with van der Waals surface area (Å²) < 4.78 is 16.5. The number of benzene rings is 1. The highest BCUT2D eigenvalue weighted by Crippen LogP contribution is 2.32. The maximum Gasteiger partial charge on any atom is 0.161 e. The second-order valence-corrected chi connectivity index (χ2v) is 4.85. The topological polar surface area (TPSA) is 39.7 Å². The first-order valence-corrected chi connectivity index (χ1v) is 6.56. The number of fused-ring (bicyclic) bond motifs is 1. The van der Waals surface area contributed by atoms with Crippen LogP contribution < -0.4 is 14.8 Å². The van der Waals surface area contributed by atoms with Crippen LogP contribution in [0, 0.1) is 0 Å². The van der Waals surface area contributed by atoms with Crippen molar-refractivity contribution in [3.8, 4) is 11.5 Å². The third-order valence-electron chi connectivity index (χ3n) is 3.48. The van der Waals surface area contributed by atoms with Crippen LogP contribution in [0.5, 0.6) is 11.5 Å². The highest BCUT2D eigenvalue weighted by atomic mass is 16.6. The summed E-state index contributed by atoms with van der Waals surface area (Å²) in [5.74, 6) is 1.71. The molecule has 98 valence electrons. The summed E-state index contributed by atoms with van der Waals surface area (Å²) in [6.45, 7) is 5.12. The van der Waals surface area contributed by atoms with Crippen LogP contribution in [0.2, 0.25) is 0 Å². The van der Waals surface area contributed by atoms with Gasteiger partial charge in [-0.3, -0.25) is 0 Å². The van der Waals surface area contributed by atoms with Crippen LogP contribution in [0.3, 0.4) is 0 Å². The van der Waals surface area contributed by atoms with E-state index in [9.17, 15) is 0 Å². The number of hydrogen-bond acceptors (Lipinski definition) is 4. The number of nitrogens with one attached hydrogen (secondary N) is 1. The van der Waals surface area contributed by atoms with Gasteiger partial charge < -0.3 is 19.5 Å². The quantitative estimate of drug-likeness (QED) is 0.888. The fraction of sp³-hybridized carbons (Fsp3) is 0.571. The fourth-order valence-corrected chi connectivity index (χ4v) is 2.45. The zero-order valence-corrected chi connectivity index (χ0v) is 10.6. The molecule has 4 nitrogen and oxygen atoms in total. The molecule has 1 aromatic rings. The second-order valence-electron chi connectivity index (χ2n) is 4.85. The molecule has 0 saturated carbocycles. The normalized spacial score (nSPS) is 23.9. The summed E-state index contributed by atoms with van der Waals surface area (Å²) in [5, 5.41) is 3.58. The zero-order chi connectivity index (χ0) is 12.4. The molecule has 0 spiro atoms. The Labute approximate surface area is 107 Å². The molecular weight excluding hydrogens is 230 g/mol. The molecule has 0 bridgehead atoms. The molecule has 2 unspecified atom stereocenters. The van der Waals surface area contributed by atoms with Gasteiger partial charge >= 0.3 is 0 Å². The van der Waals surface area contributed by atoms with E-state index in [0.717, 1.165) is 31.1 Å². The predicted molar refractivity (Wildman–Crippen MR) is 68.2 cm³/mol. The molecule has 0 aliphatic carbocycles. The second kappa shape index (κ2) is 5.16. The van der Waals surface area contributed by atoms with E-state index < -0.39 is 0 Å². The van der Waals surface area contributed by atoms with Crippen molar-refractivity contribution in [3.05, 3.63) is 23.8 Å². The standard InChI is InChI=1S/C14H19NO3/c1-10(15-12-4-5-16-9-12)11-2-3-13-14(8-11)18-7-6-17-13/h2-3,8,10,12,15H,4-7,9H2,1H3. The van der Waals surface area contributed by atoms with Crippen LogP contribution in [0.25, 0.3) is 0 Å². The Kier molecular flexibility index (Phi) is 3.39. The fourth-order valence-electron chi connectivity index (χ4n) is 2.45. The molecule has 0 radical (unpaired) electrons. The number of rotatable bonds is 3. The molecule has 0 amide bonds. The van der Waals surface area contributed by atoms with Gasteiger partial charge in [0, 0.05) is 18.7 Å². The van der Waals surface area contributed by atoms with E-state index in [2.05, 4.69) is 24.4 Å². The van der Waals surface area contributed by atoms with Crippen molar-refractivity contribution in [1.82, 2.24) is 5.32 Å². The molecule has 2 aliphatic heterocycles. The van der Waals surface area contributed by atoms with Crippen LogP contribution in [0.4, 0.5) is 0 Å². The molecule has 3 rings (SSSR count). The first-order valence-electron chi connectivity index (χ1n) is 6.56. The van der Waals surface area contributed by atoms with Gasteiger partial charge in [-0.2, -0.15) is 0 Å². The molecule has 2 aliphatic rings. The molecular formula is C14H19NO3. The number of hydrogen-bond donors (Lipinski definition) is 1. The lowest BCUT2D eigenvalue weighted by Crippen LogP contribution is -2.31. The molecule has 2 atom stereocenters. The van der Waals surface area contributed by atoms with Crippen LogP contribution in [-0.4, -0.2) is 32.5 Å². The van der Waals surface area contributed by atoms with Crippen molar-refractivity contribution < 1.29 is 14.2 Å². The van der Waals surface area contributed by atoms with Gasteiger partial charge in [-0.15, -0.1) is 0 Å². The molecule has 18 heavy (non-hydrogen) atoms. The lowest BCUT2D eigenvalue weighted by atomic mass is 10.1. The smallest absolute Gasteiger partial charge is 0.161 e. The van der Waals surface area contributed by atoms with E-state index in [4.69, 9.17) is 14.2 Å². The van der Waals surface area contributed by atoms with Crippen molar-refractivity contribution in [3.63, 3.8) is 0 Å². The summed E-state index contributed by atoms with van der Waals surface area (Å²) in [5.41, 5.74) is 1.23. The van der Waals surface area contributed by atoms with Crippen molar-refractivity contribution in [2.75, 3.05) is 26.4 Å². The van der Waals surface area contributed by atoms with Gasteiger partial charge in [0.1, 0.15) is 13.2 Å². The van der Waals surface area contributed by atoms with Crippen molar-refractivity contribution in [2.45, 2.75) is 25.4 Å². The van der Waals surface area contributed by atoms with E-state index >= 15 is 0 Å². The van der Waals surface area contributed by atoms with Crippen molar-refractivity contribution in [1.29, 1.82) is 0 Å². The number of ether oxygens (including phenoxy) is 3. The Morgan fingerprint density at radius 1 is 1.17 bits per heavy atom. The van der Waals surface area contributed by atoms with Crippen molar-refractivity contribution >= 4 is 0 Å². The predicted octanol–water partition coefficient (Wildman–Crippen LogP) is 1.90. The van der Waals surface area contributed by atoms with E-state index in [1.54, 1.807) is 0 Å². The van der Waals surface area contributed by atoms with Crippen LogP contribution in [0.1, 0.15) is 24.9 Å². The Hall–Kier alpha value is -1.26. The minimum atomic E-state index is 0.299. The van der Waals surface area contributed by atoms with Gasteiger partial charge in [0.25, 0.3) is 0 Å². The lowest BCUT2D eigenvalue weighted by Gasteiger charge is -2.22. The molecule has 2 heterocycles.